The average Bonchev–Trinajstić information content (AvgIpc) is 2.86. The van der Waals surface area contributed by atoms with Gasteiger partial charge in [-0.2, -0.15) is 0 Å². The maximum absolute atomic E-state index is 11.8. The smallest absolute Gasteiger partial charge is 0.371 e. The highest BCUT2D eigenvalue weighted by atomic mass is 16.5. The van der Waals surface area contributed by atoms with Gasteiger partial charge in [-0.25, -0.2) is 9.59 Å². The number of nitrogens with one attached hydrogen (secondary N) is 1. The first-order valence-electron chi connectivity index (χ1n) is 5.92. The van der Waals surface area contributed by atoms with Crippen LogP contribution in [0.5, 0.6) is 0 Å². The van der Waals surface area contributed by atoms with Crippen molar-refractivity contribution in [3.05, 3.63) is 23.7 Å². The molecule has 7 heteroatoms. The molecule has 0 bridgehead atoms. The van der Waals surface area contributed by atoms with Crippen molar-refractivity contribution in [1.82, 2.24) is 10.2 Å². The number of urea groups is 1. The highest BCUT2D eigenvalue weighted by Gasteiger charge is 2.13. The van der Waals surface area contributed by atoms with Crippen molar-refractivity contribution in [1.29, 1.82) is 0 Å². The van der Waals surface area contributed by atoms with Gasteiger partial charge in [0.25, 0.3) is 0 Å². The topological polar surface area (TPSA) is 92.0 Å². The number of carbonyl (C=O) groups excluding carboxylic acids is 1. The molecule has 106 valence electrons. The van der Waals surface area contributed by atoms with Crippen LogP contribution in [0.3, 0.4) is 0 Å². The zero-order valence-corrected chi connectivity index (χ0v) is 11.0. The van der Waals surface area contributed by atoms with E-state index in [9.17, 15) is 9.59 Å². The number of ether oxygens (including phenoxy) is 1. The molecule has 0 saturated carbocycles. The Morgan fingerprint density at radius 3 is 2.74 bits per heavy atom. The largest absolute Gasteiger partial charge is 0.475 e. The van der Waals surface area contributed by atoms with E-state index in [1.54, 1.807) is 12.0 Å². The van der Waals surface area contributed by atoms with Gasteiger partial charge in [0.15, 0.2) is 0 Å². The number of nitrogens with zero attached hydrogens (tertiary/aromatic N) is 1. The number of aromatic carboxylic acids is 1. The normalized spacial score (nSPS) is 10.2. The highest BCUT2D eigenvalue weighted by Crippen LogP contribution is 2.07. The first kappa shape index (κ1) is 15.0. The summed E-state index contributed by atoms with van der Waals surface area (Å²) in [5.74, 6) is -0.877. The average molecular weight is 270 g/mol. The molecule has 2 amide bonds. The summed E-state index contributed by atoms with van der Waals surface area (Å²) >= 11 is 0. The molecular formula is C12H18N2O5. The van der Waals surface area contributed by atoms with Crippen LogP contribution in [0.1, 0.15) is 23.2 Å². The van der Waals surface area contributed by atoms with Gasteiger partial charge in [-0.3, -0.25) is 0 Å². The van der Waals surface area contributed by atoms with E-state index < -0.39 is 5.97 Å². The third kappa shape index (κ3) is 4.63. The van der Waals surface area contributed by atoms with E-state index in [2.05, 4.69) is 5.32 Å². The van der Waals surface area contributed by atoms with Crippen LogP contribution in [-0.2, 0) is 11.3 Å². The van der Waals surface area contributed by atoms with Gasteiger partial charge < -0.3 is 24.5 Å². The Hall–Kier alpha value is -2.02. The lowest BCUT2D eigenvalue weighted by Gasteiger charge is -2.20. The summed E-state index contributed by atoms with van der Waals surface area (Å²) in [6.07, 6.45) is 0. The number of hydrogen-bond acceptors (Lipinski definition) is 4. The van der Waals surface area contributed by atoms with E-state index in [-0.39, 0.29) is 18.3 Å². The zero-order chi connectivity index (χ0) is 14.3. The second-order valence-electron chi connectivity index (χ2n) is 3.80. The van der Waals surface area contributed by atoms with E-state index in [0.29, 0.717) is 25.5 Å². The lowest BCUT2D eigenvalue weighted by atomic mass is 10.4. The van der Waals surface area contributed by atoms with Crippen molar-refractivity contribution >= 4 is 12.0 Å². The number of methoxy groups -OCH3 is 1. The van der Waals surface area contributed by atoms with Gasteiger partial charge in [0.2, 0.25) is 5.76 Å². The molecule has 1 rings (SSSR count). The Labute approximate surface area is 111 Å². The highest BCUT2D eigenvalue weighted by molar-refractivity contribution is 5.84. The molecule has 0 fully saturated rings. The molecule has 1 aromatic rings. The number of rotatable bonds is 7. The SMILES string of the molecule is CCN(CCOC)C(=O)NCc1ccc(C(=O)O)o1. The van der Waals surface area contributed by atoms with Crippen molar-refractivity contribution in [2.75, 3.05) is 26.8 Å². The minimum Gasteiger partial charge on any atom is -0.475 e. The second kappa shape index (κ2) is 7.42. The molecule has 0 aliphatic rings. The quantitative estimate of drug-likeness (QED) is 0.775. The molecule has 2 N–H and O–H groups in total. The van der Waals surface area contributed by atoms with Crippen molar-refractivity contribution in [2.24, 2.45) is 0 Å². The monoisotopic (exact) mass is 270 g/mol. The second-order valence-corrected chi connectivity index (χ2v) is 3.80. The molecule has 19 heavy (non-hydrogen) atoms. The van der Waals surface area contributed by atoms with Crippen LogP contribution in [0.2, 0.25) is 0 Å². The van der Waals surface area contributed by atoms with Crippen LogP contribution in [0.15, 0.2) is 16.5 Å². The van der Waals surface area contributed by atoms with Crippen molar-refractivity contribution in [3.8, 4) is 0 Å². The van der Waals surface area contributed by atoms with Crippen LogP contribution in [0.25, 0.3) is 0 Å². The fraction of sp³-hybridized carbons (Fsp3) is 0.500. The summed E-state index contributed by atoms with van der Waals surface area (Å²) in [5, 5.41) is 11.4. The van der Waals surface area contributed by atoms with Crippen LogP contribution >= 0.6 is 0 Å². The van der Waals surface area contributed by atoms with E-state index in [0.717, 1.165) is 0 Å². The van der Waals surface area contributed by atoms with Gasteiger partial charge in [0, 0.05) is 20.2 Å². The zero-order valence-electron chi connectivity index (χ0n) is 11.0. The fourth-order valence-corrected chi connectivity index (χ4v) is 1.47. The Balaban J connectivity index is 2.45. The summed E-state index contributed by atoms with van der Waals surface area (Å²) in [6.45, 7) is 3.54. The minimum atomic E-state index is -1.13. The molecular weight excluding hydrogens is 252 g/mol. The predicted molar refractivity (Wildman–Crippen MR) is 67.0 cm³/mol. The molecule has 0 spiro atoms. The fourth-order valence-electron chi connectivity index (χ4n) is 1.47. The summed E-state index contributed by atoms with van der Waals surface area (Å²) < 4.78 is 9.94. The Kier molecular flexibility index (Phi) is 5.87. The predicted octanol–water partition coefficient (Wildman–Crippen LogP) is 1.16. The lowest BCUT2D eigenvalue weighted by Crippen LogP contribution is -2.41. The maximum atomic E-state index is 11.8. The molecule has 1 heterocycles. The Bertz CT molecular complexity index is 430. The number of likely N-dealkylation sites (N-methyl/N-ethyl adjacent to an activating group) is 1. The van der Waals surface area contributed by atoms with Gasteiger partial charge in [-0.1, -0.05) is 0 Å². The first-order valence-corrected chi connectivity index (χ1v) is 5.92. The molecule has 1 aromatic heterocycles. The molecule has 0 aliphatic heterocycles. The first-order chi connectivity index (χ1) is 9.08. The Morgan fingerprint density at radius 1 is 1.47 bits per heavy atom. The molecule has 0 saturated heterocycles. The molecule has 0 atom stereocenters. The minimum absolute atomic E-state index is 0.143. The molecule has 7 nitrogen and oxygen atoms in total. The number of carboxylic acids is 1. The molecule has 0 unspecified atom stereocenters. The number of furan rings is 1. The van der Waals surface area contributed by atoms with Crippen LogP contribution in [0.4, 0.5) is 4.79 Å². The third-order valence-electron chi connectivity index (χ3n) is 2.52. The molecule has 0 radical (unpaired) electrons. The number of amides is 2. The van der Waals surface area contributed by atoms with Gasteiger partial charge in [-0.15, -0.1) is 0 Å². The van der Waals surface area contributed by atoms with Crippen LogP contribution < -0.4 is 5.32 Å². The van der Waals surface area contributed by atoms with Crippen molar-refractivity contribution in [3.63, 3.8) is 0 Å². The molecule has 0 aromatic carbocycles. The standard InChI is InChI=1S/C12H18N2O5/c1-3-14(6-7-18-2)12(17)13-8-9-4-5-10(19-9)11(15)16/h4-5H,3,6-8H2,1-2H3,(H,13,17)(H,15,16). The summed E-state index contributed by atoms with van der Waals surface area (Å²) in [7, 11) is 1.57. The maximum Gasteiger partial charge on any atom is 0.371 e. The number of hydrogen-bond donors (Lipinski definition) is 2. The van der Waals surface area contributed by atoms with Gasteiger partial charge in [0.1, 0.15) is 5.76 Å². The summed E-state index contributed by atoms with van der Waals surface area (Å²) in [6, 6.07) is 2.63. The van der Waals surface area contributed by atoms with Crippen molar-refractivity contribution < 1.29 is 23.8 Å². The van der Waals surface area contributed by atoms with Gasteiger partial charge >= 0.3 is 12.0 Å². The van der Waals surface area contributed by atoms with E-state index >= 15 is 0 Å². The van der Waals surface area contributed by atoms with Gasteiger partial charge in [0.05, 0.1) is 13.2 Å². The van der Waals surface area contributed by atoms with Crippen LogP contribution in [0, 0.1) is 0 Å². The Morgan fingerprint density at radius 2 is 2.21 bits per heavy atom. The van der Waals surface area contributed by atoms with E-state index in [4.69, 9.17) is 14.3 Å². The number of carbonyl (C=O) groups is 2. The summed E-state index contributed by atoms with van der Waals surface area (Å²) in [5.41, 5.74) is 0. The summed E-state index contributed by atoms with van der Waals surface area (Å²) in [4.78, 5) is 24.0. The van der Waals surface area contributed by atoms with Crippen LogP contribution in [-0.4, -0.2) is 48.8 Å². The van der Waals surface area contributed by atoms with Gasteiger partial charge in [-0.05, 0) is 19.1 Å². The lowest BCUT2D eigenvalue weighted by molar-refractivity contribution is 0.0660. The molecule has 0 aliphatic carbocycles. The number of carboxylic acid groups (broad SMARTS) is 1. The van der Waals surface area contributed by atoms with E-state index in [1.165, 1.54) is 12.1 Å². The van der Waals surface area contributed by atoms with Crippen molar-refractivity contribution in [2.45, 2.75) is 13.5 Å². The third-order valence-corrected chi connectivity index (χ3v) is 2.52. The van der Waals surface area contributed by atoms with E-state index in [1.807, 2.05) is 6.92 Å².